The van der Waals surface area contributed by atoms with Gasteiger partial charge < -0.3 is 19.8 Å². The molecule has 0 saturated heterocycles. The lowest BCUT2D eigenvalue weighted by molar-refractivity contribution is -0.870. The first-order valence-electron chi connectivity index (χ1n) is 22.9. The maximum Gasteiger partial charge on any atom is 0.472 e. The number of carbonyl (C=O) groups is 1. The summed E-state index contributed by atoms with van der Waals surface area (Å²) in [5.41, 5.74) is 0. The summed E-state index contributed by atoms with van der Waals surface area (Å²) in [6.07, 6.45) is 46.5. The number of quaternary nitrogens is 1. The molecule has 3 N–H and O–H groups in total. The van der Waals surface area contributed by atoms with E-state index in [0.717, 1.165) is 44.9 Å². The number of nitrogens with one attached hydrogen (secondary N) is 1. The number of hydrogen-bond acceptors (Lipinski definition) is 5. The molecule has 0 fully saturated rings. The van der Waals surface area contributed by atoms with Crippen molar-refractivity contribution < 1.29 is 32.9 Å². The van der Waals surface area contributed by atoms with Crippen molar-refractivity contribution in [3.05, 3.63) is 36.5 Å². The molecule has 9 heteroatoms. The normalized spacial score (nSPS) is 14.7. The number of unbranched alkanes of at least 4 members (excludes halogenated alkanes) is 24. The highest BCUT2D eigenvalue weighted by Gasteiger charge is 2.27. The van der Waals surface area contributed by atoms with Gasteiger partial charge in [0, 0.05) is 6.42 Å². The lowest BCUT2D eigenvalue weighted by Crippen LogP contribution is -2.45. The van der Waals surface area contributed by atoms with Crippen LogP contribution in [0.1, 0.15) is 200 Å². The molecule has 0 radical (unpaired) electrons. The maximum absolute atomic E-state index is 12.8. The molecule has 3 unspecified atom stereocenters. The van der Waals surface area contributed by atoms with Crippen molar-refractivity contribution in [2.24, 2.45) is 0 Å². The molecular formula is C46H90N2O6P+. The van der Waals surface area contributed by atoms with Crippen molar-refractivity contribution in [1.29, 1.82) is 0 Å². The third-order valence-electron chi connectivity index (χ3n) is 10.1. The SMILES string of the molecule is CCCCCCCCCCCCC/C=C/CC/C=C/CC/C=C/C(O)C(COP(=O)(O)OCC[N+](C)(C)C)NC(=O)CCCCCCCCCCCCCC. The Morgan fingerprint density at radius 1 is 0.600 bits per heavy atom. The second-order valence-electron chi connectivity index (χ2n) is 16.8. The first kappa shape index (κ1) is 53.7. The molecule has 0 aromatic heterocycles. The highest BCUT2D eigenvalue weighted by atomic mass is 31.2. The van der Waals surface area contributed by atoms with Crippen molar-refractivity contribution in [2.45, 2.75) is 212 Å². The van der Waals surface area contributed by atoms with Crippen LogP contribution >= 0.6 is 7.82 Å². The fourth-order valence-electron chi connectivity index (χ4n) is 6.43. The molecule has 0 aliphatic carbocycles. The number of carbonyl (C=O) groups excluding carboxylic acids is 1. The number of allylic oxidation sites excluding steroid dienone is 5. The lowest BCUT2D eigenvalue weighted by atomic mass is 10.0. The fraction of sp³-hybridized carbons (Fsp3) is 0.848. The molecule has 0 aliphatic heterocycles. The maximum atomic E-state index is 12.8. The largest absolute Gasteiger partial charge is 0.472 e. The van der Waals surface area contributed by atoms with E-state index >= 15 is 0 Å². The Balaban J connectivity index is 4.45. The van der Waals surface area contributed by atoms with E-state index in [9.17, 15) is 19.4 Å². The molecule has 0 heterocycles. The van der Waals surface area contributed by atoms with Gasteiger partial charge in [-0.1, -0.05) is 185 Å². The minimum absolute atomic E-state index is 0.0545. The molecule has 0 aliphatic rings. The molecule has 0 aromatic carbocycles. The van der Waals surface area contributed by atoms with Crippen molar-refractivity contribution in [1.82, 2.24) is 5.32 Å². The summed E-state index contributed by atoms with van der Waals surface area (Å²) < 4.78 is 23.5. The van der Waals surface area contributed by atoms with Crippen LogP contribution in [0.3, 0.4) is 0 Å². The number of nitrogens with zero attached hydrogens (tertiary/aromatic N) is 1. The zero-order valence-electron chi connectivity index (χ0n) is 36.7. The van der Waals surface area contributed by atoms with E-state index < -0.39 is 20.0 Å². The zero-order valence-corrected chi connectivity index (χ0v) is 37.6. The Bertz CT molecular complexity index is 995. The molecule has 324 valence electrons. The number of phosphoric acid groups is 1. The molecule has 0 saturated carbocycles. The number of rotatable bonds is 41. The molecule has 0 aromatic rings. The second-order valence-corrected chi connectivity index (χ2v) is 18.2. The molecule has 8 nitrogen and oxygen atoms in total. The highest BCUT2D eigenvalue weighted by Crippen LogP contribution is 2.43. The predicted octanol–water partition coefficient (Wildman–Crippen LogP) is 12.7. The van der Waals surface area contributed by atoms with Crippen LogP contribution in [0.5, 0.6) is 0 Å². The van der Waals surface area contributed by atoms with Crippen LogP contribution in [0.4, 0.5) is 0 Å². The zero-order chi connectivity index (χ0) is 40.7. The average molecular weight is 798 g/mol. The van der Waals surface area contributed by atoms with Gasteiger partial charge in [0.2, 0.25) is 5.91 Å². The van der Waals surface area contributed by atoms with E-state index in [2.05, 4.69) is 43.5 Å². The summed E-state index contributed by atoms with van der Waals surface area (Å²) in [6.45, 7) is 4.78. The minimum Gasteiger partial charge on any atom is -0.387 e. The van der Waals surface area contributed by atoms with Gasteiger partial charge in [-0.05, 0) is 44.9 Å². The van der Waals surface area contributed by atoms with E-state index in [0.29, 0.717) is 17.4 Å². The van der Waals surface area contributed by atoms with Gasteiger partial charge in [0.25, 0.3) is 0 Å². The third kappa shape index (κ3) is 40.7. The number of aliphatic hydroxyl groups excluding tert-OH is 1. The summed E-state index contributed by atoms with van der Waals surface area (Å²) >= 11 is 0. The van der Waals surface area contributed by atoms with Gasteiger partial charge in [0.15, 0.2) is 0 Å². The number of amides is 1. The summed E-state index contributed by atoms with van der Waals surface area (Å²) in [7, 11) is 1.55. The van der Waals surface area contributed by atoms with E-state index in [4.69, 9.17) is 9.05 Å². The smallest absolute Gasteiger partial charge is 0.387 e. The van der Waals surface area contributed by atoms with Crippen molar-refractivity contribution in [3.8, 4) is 0 Å². The van der Waals surface area contributed by atoms with Crippen LogP contribution in [-0.2, 0) is 18.4 Å². The van der Waals surface area contributed by atoms with E-state index in [1.54, 1.807) is 6.08 Å². The Morgan fingerprint density at radius 2 is 1.00 bits per heavy atom. The van der Waals surface area contributed by atoms with Crippen molar-refractivity contribution in [3.63, 3.8) is 0 Å². The summed E-state index contributed by atoms with van der Waals surface area (Å²) in [6, 6.07) is -0.865. The Labute approximate surface area is 340 Å². The number of aliphatic hydroxyl groups is 1. The Kier molecular flexibility index (Phi) is 37.4. The van der Waals surface area contributed by atoms with Gasteiger partial charge in [0.05, 0.1) is 39.9 Å². The standard InChI is InChI=1S/C46H89N2O6P/c1-6-8-10-12-14-16-18-20-21-22-23-24-25-26-27-28-29-31-33-35-37-39-45(49)44(43-54-55(51,52)53-42-41-48(3,4)5)47-46(50)40-38-36-34-32-30-19-17-15-13-11-9-7-2/h25-26,29,31,37,39,44-45,49H,6-24,27-28,30,32-36,38,40-43H2,1-5H3,(H-,47,50,51,52)/p+1/b26-25+,31-29+,39-37+. The van der Waals surface area contributed by atoms with E-state index in [-0.39, 0.29) is 19.1 Å². The van der Waals surface area contributed by atoms with Crippen LogP contribution in [0.25, 0.3) is 0 Å². The lowest BCUT2D eigenvalue weighted by Gasteiger charge is -2.25. The van der Waals surface area contributed by atoms with Crippen LogP contribution in [0.2, 0.25) is 0 Å². The van der Waals surface area contributed by atoms with Gasteiger partial charge in [-0.25, -0.2) is 4.57 Å². The average Bonchev–Trinajstić information content (AvgIpc) is 3.13. The van der Waals surface area contributed by atoms with Crippen molar-refractivity contribution >= 4 is 13.7 Å². The quantitative estimate of drug-likeness (QED) is 0.0246. The van der Waals surface area contributed by atoms with E-state index in [1.165, 1.54) is 135 Å². The monoisotopic (exact) mass is 798 g/mol. The van der Waals surface area contributed by atoms with Crippen molar-refractivity contribution in [2.75, 3.05) is 40.9 Å². The summed E-state index contributed by atoms with van der Waals surface area (Å²) in [4.78, 5) is 23.1. The first-order valence-corrected chi connectivity index (χ1v) is 24.4. The van der Waals surface area contributed by atoms with E-state index in [1.807, 2.05) is 27.2 Å². The minimum atomic E-state index is -4.34. The van der Waals surface area contributed by atoms with Crippen LogP contribution in [0.15, 0.2) is 36.5 Å². The summed E-state index contributed by atoms with van der Waals surface area (Å²) in [5.74, 6) is -0.192. The van der Waals surface area contributed by atoms with Crippen LogP contribution in [0, 0.1) is 0 Å². The Hall–Kier alpha value is -1.28. The Morgan fingerprint density at radius 3 is 1.45 bits per heavy atom. The summed E-state index contributed by atoms with van der Waals surface area (Å²) in [5, 5.41) is 13.8. The molecule has 55 heavy (non-hydrogen) atoms. The van der Waals surface area contributed by atoms with Gasteiger partial charge in [-0.15, -0.1) is 0 Å². The first-order chi connectivity index (χ1) is 26.5. The molecular weight excluding hydrogens is 707 g/mol. The molecule has 0 spiro atoms. The topological polar surface area (TPSA) is 105 Å². The molecule has 0 rings (SSSR count). The second kappa shape index (κ2) is 38.2. The van der Waals surface area contributed by atoms with Crippen LogP contribution in [-0.4, -0.2) is 73.4 Å². The number of phosphoric ester groups is 1. The van der Waals surface area contributed by atoms with Crippen LogP contribution < -0.4 is 5.32 Å². The van der Waals surface area contributed by atoms with Gasteiger partial charge in [-0.3, -0.25) is 13.8 Å². The highest BCUT2D eigenvalue weighted by molar-refractivity contribution is 7.47. The predicted molar refractivity (Wildman–Crippen MR) is 235 cm³/mol. The van der Waals surface area contributed by atoms with Gasteiger partial charge in [0.1, 0.15) is 13.2 Å². The fourth-order valence-corrected chi connectivity index (χ4v) is 7.16. The van der Waals surface area contributed by atoms with Gasteiger partial charge >= 0.3 is 7.82 Å². The molecule has 3 atom stereocenters. The van der Waals surface area contributed by atoms with Gasteiger partial charge in [-0.2, -0.15) is 0 Å². The molecule has 0 bridgehead atoms. The number of likely N-dealkylation sites (N-methyl/N-ethyl adjacent to an activating group) is 1. The third-order valence-corrected chi connectivity index (χ3v) is 11.1. The molecule has 1 amide bonds. The number of hydrogen-bond donors (Lipinski definition) is 3.